The Morgan fingerprint density at radius 3 is 2.89 bits per heavy atom. The van der Waals surface area contributed by atoms with Crippen LogP contribution in [0, 0.1) is 0 Å². The van der Waals surface area contributed by atoms with E-state index in [1.54, 1.807) is 0 Å². The SMILES string of the molecule is Cl.NC1CCc2cnc(C3CCCS(=O)(=O)C3)n2C1. The Balaban J connectivity index is 0.00000133. The van der Waals surface area contributed by atoms with E-state index >= 15 is 0 Å². The van der Waals surface area contributed by atoms with E-state index in [0.717, 1.165) is 38.1 Å². The van der Waals surface area contributed by atoms with Crippen LogP contribution in [0.4, 0.5) is 0 Å². The smallest absolute Gasteiger partial charge is 0.151 e. The third kappa shape index (κ3) is 2.95. The van der Waals surface area contributed by atoms with Gasteiger partial charge in [-0.15, -0.1) is 12.4 Å². The van der Waals surface area contributed by atoms with Crippen LogP contribution >= 0.6 is 12.4 Å². The van der Waals surface area contributed by atoms with E-state index in [-0.39, 0.29) is 30.1 Å². The molecule has 0 saturated carbocycles. The number of fused-ring (bicyclic) bond motifs is 1. The standard InChI is InChI=1S/C12H19N3O2S.ClH/c13-10-3-4-11-6-14-12(15(11)7-10)9-2-1-5-18(16,17)8-9;/h6,9-10H,1-5,7-8,13H2;1H. The topological polar surface area (TPSA) is 78.0 Å². The van der Waals surface area contributed by atoms with Gasteiger partial charge in [0.15, 0.2) is 9.84 Å². The van der Waals surface area contributed by atoms with Gasteiger partial charge in [0, 0.05) is 30.4 Å². The van der Waals surface area contributed by atoms with Crippen LogP contribution in [0.5, 0.6) is 0 Å². The third-order valence-electron chi connectivity index (χ3n) is 3.99. The number of hydrogen-bond donors (Lipinski definition) is 1. The number of rotatable bonds is 1. The zero-order valence-corrected chi connectivity index (χ0v) is 12.4. The molecule has 0 radical (unpaired) electrons. The Bertz CT molecular complexity index is 555. The molecule has 108 valence electrons. The zero-order valence-electron chi connectivity index (χ0n) is 10.8. The summed E-state index contributed by atoms with van der Waals surface area (Å²) in [5.74, 6) is 1.57. The maximum absolute atomic E-state index is 11.7. The first kappa shape index (κ1) is 14.8. The minimum atomic E-state index is -2.88. The van der Waals surface area contributed by atoms with Crippen molar-refractivity contribution in [1.82, 2.24) is 9.55 Å². The lowest BCUT2D eigenvalue weighted by atomic mass is 10.0. The second-order valence-electron chi connectivity index (χ2n) is 5.47. The minimum Gasteiger partial charge on any atom is -0.330 e. The highest BCUT2D eigenvalue weighted by Gasteiger charge is 2.30. The van der Waals surface area contributed by atoms with Crippen molar-refractivity contribution in [2.75, 3.05) is 11.5 Å². The molecule has 2 N–H and O–H groups in total. The molecule has 1 aromatic heterocycles. The number of aryl methyl sites for hydroxylation is 1. The molecule has 1 fully saturated rings. The third-order valence-corrected chi connectivity index (χ3v) is 5.81. The highest BCUT2D eigenvalue weighted by atomic mass is 35.5. The second-order valence-corrected chi connectivity index (χ2v) is 7.70. The van der Waals surface area contributed by atoms with Gasteiger partial charge in [-0.05, 0) is 25.7 Å². The van der Waals surface area contributed by atoms with Crippen molar-refractivity contribution in [2.45, 2.75) is 44.2 Å². The van der Waals surface area contributed by atoms with Crippen LogP contribution in [0.25, 0.3) is 0 Å². The highest BCUT2D eigenvalue weighted by molar-refractivity contribution is 7.91. The van der Waals surface area contributed by atoms with Crippen LogP contribution in [0.3, 0.4) is 0 Å². The van der Waals surface area contributed by atoms with E-state index < -0.39 is 9.84 Å². The number of aromatic nitrogens is 2. The summed E-state index contributed by atoms with van der Waals surface area (Å²) in [5.41, 5.74) is 7.20. The van der Waals surface area contributed by atoms with E-state index in [4.69, 9.17) is 5.73 Å². The first-order chi connectivity index (χ1) is 8.55. The summed E-state index contributed by atoms with van der Waals surface area (Å²) in [5, 5.41) is 0. The molecule has 3 heterocycles. The van der Waals surface area contributed by atoms with Crippen molar-refractivity contribution in [1.29, 1.82) is 0 Å². The summed E-state index contributed by atoms with van der Waals surface area (Å²) in [7, 11) is -2.88. The molecule has 0 aliphatic carbocycles. The molecule has 2 unspecified atom stereocenters. The van der Waals surface area contributed by atoms with Gasteiger partial charge < -0.3 is 10.3 Å². The van der Waals surface area contributed by atoms with Crippen molar-refractivity contribution in [3.63, 3.8) is 0 Å². The van der Waals surface area contributed by atoms with Crippen LogP contribution < -0.4 is 5.73 Å². The first-order valence-corrected chi connectivity index (χ1v) is 8.37. The molecule has 5 nitrogen and oxygen atoms in total. The van der Waals surface area contributed by atoms with Gasteiger partial charge in [0.05, 0.1) is 11.5 Å². The average molecular weight is 306 g/mol. The number of nitrogens with two attached hydrogens (primary N) is 1. The predicted octanol–water partition coefficient (Wildman–Crippen LogP) is 0.871. The molecular weight excluding hydrogens is 286 g/mol. The van der Waals surface area contributed by atoms with E-state index in [2.05, 4.69) is 9.55 Å². The number of hydrogen-bond acceptors (Lipinski definition) is 4. The molecule has 3 rings (SSSR count). The molecule has 0 spiro atoms. The zero-order chi connectivity index (χ0) is 12.8. The summed E-state index contributed by atoms with van der Waals surface area (Å²) in [4.78, 5) is 4.46. The molecule has 0 bridgehead atoms. The van der Waals surface area contributed by atoms with Gasteiger partial charge in [0.2, 0.25) is 0 Å². The molecule has 2 atom stereocenters. The van der Waals surface area contributed by atoms with Crippen molar-refractivity contribution in [3.8, 4) is 0 Å². The molecular formula is C12H20ClN3O2S. The maximum atomic E-state index is 11.7. The highest BCUT2D eigenvalue weighted by Crippen LogP contribution is 2.29. The number of sulfone groups is 1. The van der Waals surface area contributed by atoms with Crippen LogP contribution in [-0.2, 0) is 22.8 Å². The fourth-order valence-corrected chi connectivity index (χ4v) is 4.75. The minimum absolute atomic E-state index is 0. The van der Waals surface area contributed by atoms with Crippen LogP contribution in [0.15, 0.2) is 6.20 Å². The summed E-state index contributed by atoms with van der Waals surface area (Å²) in [6.07, 6.45) is 5.51. The molecule has 2 aliphatic rings. The molecule has 0 amide bonds. The van der Waals surface area contributed by atoms with Crippen molar-refractivity contribution in [3.05, 3.63) is 17.7 Å². The largest absolute Gasteiger partial charge is 0.330 e. The maximum Gasteiger partial charge on any atom is 0.151 e. The summed E-state index contributed by atoms with van der Waals surface area (Å²) < 4.78 is 25.6. The molecule has 0 aromatic carbocycles. The molecule has 1 saturated heterocycles. The number of halogens is 1. The Kier molecular flexibility index (Phi) is 4.23. The van der Waals surface area contributed by atoms with Gasteiger partial charge in [0.25, 0.3) is 0 Å². The van der Waals surface area contributed by atoms with E-state index in [1.165, 1.54) is 5.69 Å². The molecule has 19 heavy (non-hydrogen) atoms. The average Bonchev–Trinajstić information content (AvgIpc) is 2.70. The Hall–Kier alpha value is -0.590. The molecule has 1 aromatic rings. The predicted molar refractivity (Wildman–Crippen MR) is 76.4 cm³/mol. The Morgan fingerprint density at radius 1 is 1.37 bits per heavy atom. The van der Waals surface area contributed by atoms with Gasteiger partial charge in [-0.3, -0.25) is 0 Å². The van der Waals surface area contributed by atoms with Gasteiger partial charge in [-0.2, -0.15) is 0 Å². The fourth-order valence-electron chi connectivity index (χ4n) is 3.05. The van der Waals surface area contributed by atoms with Crippen molar-refractivity contribution < 1.29 is 8.42 Å². The van der Waals surface area contributed by atoms with E-state index in [1.807, 2.05) is 6.20 Å². The molecule has 2 aliphatic heterocycles. The van der Waals surface area contributed by atoms with E-state index in [9.17, 15) is 8.42 Å². The lowest BCUT2D eigenvalue weighted by Crippen LogP contribution is -2.34. The fraction of sp³-hybridized carbons (Fsp3) is 0.750. The lowest BCUT2D eigenvalue weighted by Gasteiger charge is -2.27. The van der Waals surface area contributed by atoms with Gasteiger partial charge in [0.1, 0.15) is 5.82 Å². The van der Waals surface area contributed by atoms with E-state index in [0.29, 0.717) is 5.75 Å². The monoisotopic (exact) mass is 305 g/mol. The number of imidazole rings is 1. The summed E-state index contributed by atoms with van der Waals surface area (Å²) in [6.45, 7) is 0.779. The van der Waals surface area contributed by atoms with Crippen LogP contribution in [0.1, 0.15) is 36.7 Å². The lowest BCUT2D eigenvalue weighted by molar-refractivity contribution is 0.433. The van der Waals surface area contributed by atoms with Gasteiger partial charge in [-0.25, -0.2) is 13.4 Å². The van der Waals surface area contributed by atoms with Crippen molar-refractivity contribution >= 4 is 22.2 Å². The van der Waals surface area contributed by atoms with Crippen LogP contribution in [0.2, 0.25) is 0 Å². The Labute approximate surface area is 119 Å². The Morgan fingerprint density at radius 2 is 2.16 bits per heavy atom. The van der Waals surface area contributed by atoms with Gasteiger partial charge >= 0.3 is 0 Å². The quantitative estimate of drug-likeness (QED) is 0.835. The second kappa shape index (κ2) is 5.42. The van der Waals surface area contributed by atoms with Gasteiger partial charge in [-0.1, -0.05) is 0 Å². The summed E-state index contributed by atoms with van der Waals surface area (Å²) >= 11 is 0. The summed E-state index contributed by atoms with van der Waals surface area (Å²) in [6, 6.07) is 0.172. The normalized spacial score (nSPS) is 29.3. The van der Waals surface area contributed by atoms with Crippen LogP contribution in [-0.4, -0.2) is 35.5 Å². The molecule has 7 heteroatoms. The van der Waals surface area contributed by atoms with Crippen molar-refractivity contribution in [2.24, 2.45) is 5.73 Å². The first-order valence-electron chi connectivity index (χ1n) is 6.55. The number of nitrogens with zero attached hydrogens (tertiary/aromatic N) is 2.